The maximum atomic E-state index is 13.3. The molecule has 100 valence electrons. The first kappa shape index (κ1) is 14.3. The lowest BCUT2D eigenvalue weighted by molar-refractivity contribution is 0.473. The van der Waals surface area contributed by atoms with E-state index in [4.69, 9.17) is 16.3 Å². The molecule has 2 aromatic rings. The first-order valence-electron chi connectivity index (χ1n) is 5.66. The summed E-state index contributed by atoms with van der Waals surface area (Å²) in [4.78, 5) is 0. The van der Waals surface area contributed by atoms with Gasteiger partial charge in [-0.15, -0.1) is 0 Å². The maximum absolute atomic E-state index is 13.3. The number of hydrogen-bond acceptors (Lipinski definition) is 2. The number of rotatable bonds is 4. The quantitative estimate of drug-likeness (QED) is 0.864. The standard InChI is InChI=1S/C14H12BrClFNO/c1-18-8-9-2-5-14(11(15)6-9)19-10-3-4-12(16)13(17)7-10/h2-7,18H,8H2,1H3. The first-order chi connectivity index (χ1) is 9.10. The van der Waals surface area contributed by atoms with Crippen LogP contribution in [-0.4, -0.2) is 7.05 Å². The fraction of sp³-hybridized carbons (Fsp3) is 0.143. The van der Waals surface area contributed by atoms with E-state index in [-0.39, 0.29) is 5.02 Å². The van der Waals surface area contributed by atoms with Crippen molar-refractivity contribution in [3.05, 3.63) is 57.3 Å². The summed E-state index contributed by atoms with van der Waals surface area (Å²) < 4.78 is 19.7. The second kappa shape index (κ2) is 6.37. The molecule has 19 heavy (non-hydrogen) atoms. The Hall–Kier alpha value is -1.10. The Kier molecular flexibility index (Phi) is 4.80. The lowest BCUT2D eigenvalue weighted by Gasteiger charge is -2.09. The Balaban J connectivity index is 2.20. The third-order valence-corrected chi connectivity index (χ3v) is 3.42. The molecular weight excluding hydrogens is 333 g/mol. The lowest BCUT2D eigenvalue weighted by atomic mass is 10.2. The SMILES string of the molecule is CNCc1ccc(Oc2ccc(Cl)c(F)c2)c(Br)c1. The smallest absolute Gasteiger partial charge is 0.145 e. The highest BCUT2D eigenvalue weighted by atomic mass is 79.9. The van der Waals surface area contributed by atoms with Crippen LogP contribution in [-0.2, 0) is 6.54 Å². The highest BCUT2D eigenvalue weighted by molar-refractivity contribution is 9.10. The van der Waals surface area contributed by atoms with Crippen molar-refractivity contribution < 1.29 is 9.13 Å². The van der Waals surface area contributed by atoms with Crippen LogP contribution in [0.5, 0.6) is 11.5 Å². The summed E-state index contributed by atoms with van der Waals surface area (Å²) in [6.45, 7) is 0.772. The molecule has 2 rings (SSSR count). The zero-order chi connectivity index (χ0) is 13.8. The normalized spacial score (nSPS) is 10.5. The van der Waals surface area contributed by atoms with Crippen molar-refractivity contribution in [2.24, 2.45) is 0 Å². The fourth-order valence-electron chi connectivity index (χ4n) is 1.61. The highest BCUT2D eigenvalue weighted by Crippen LogP contribution is 2.31. The Morgan fingerprint density at radius 1 is 1.26 bits per heavy atom. The van der Waals surface area contributed by atoms with Crippen LogP contribution in [0.2, 0.25) is 5.02 Å². The molecule has 0 saturated carbocycles. The average Bonchev–Trinajstić information content (AvgIpc) is 2.37. The van der Waals surface area contributed by atoms with E-state index in [2.05, 4.69) is 21.2 Å². The van der Waals surface area contributed by atoms with Crippen molar-refractivity contribution in [1.29, 1.82) is 0 Å². The Bertz CT molecular complexity index is 592. The molecule has 5 heteroatoms. The van der Waals surface area contributed by atoms with Crippen LogP contribution in [0.15, 0.2) is 40.9 Å². The minimum atomic E-state index is -0.498. The number of hydrogen-bond donors (Lipinski definition) is 1. The average molecular weight is 345 g/mol. The molecule has 0 saturated heterocycles. The van der Waals surface area contributed by atoms with E-state index in [1.54, 1.807) is 6.07 Å². The third-order valence-electron chi connectivity index (χ3n) is 2.50. The summed E-state index contributed by atoms with van der Waals surface area (Å²) in [6.07, 6.45) is 0. The molecule has 0 unspecified atom stereocenters. The summed E-state index contributed by atoms with van der Waals surface area (Å²) in [5.74, 6) is 0.535. The van der Waals surface area contributed by atoms with Gasteiger partial charge in [0.25, 0.3) is 0 Å². The Morgan fingerprint density at radius 3 is 2.68 bits per heavy atom. The van der Waals surface area contributed by atoms with E-state index in [0.717, 1.165) is 16.6 Å². The van der Waals surface area contributed by atoms with Gasteiger partial charge in [-0.2, -0.15) is 0 Å². The van der Waals surface area contributed by atoms with Gasteiger partial charge in [0.2, 0.25) is 0 Å². The van der Waals surface area contributed by atoms with Crippen LogP contribution in [0.25, 0.3) is 0 Å². The predicted molar refractivity (Wildman–Crippen MR) is 78.4 cm³/mol. The highest BCUT2D eigenvalue weighted by Gasteiger charge is 2.06. The summed E-state index contributed by atoms with van der Waals surface area (Å²) in [6, 6.07) is 10.1. The molecule has 0 aromatic heterocycles. The molecular formula is C14H12BrClFNO. The number of nitrogens with one attached hydrogen (secondary N) is 1. The molecule has 0 spiro atoms. The third kappa shape index (κ3) is 3.69. The zero-order valence-electron chi connectivity index (χ0n) is 10.2. The van der Waals surface area contributed by atoms with Crippen molar-refractivity contribution in [2.45, 2.75) is 6.54 Å². The molecule has 0 fully saturated rings. The van der Waals surface area contributed by atoms with Gasteiger partial charge in [0, 0.05) is 12.6 Å². The Morgan fingerprint density at radius 2 is 2.05 bits per heavy atom. The minimum absolute atomic E-state index is 0.0794. The zero-order valence-corrected chi connectivity index (χ0v) is 12.6. The topological polar surface area (TPSA) is 21.3 Å². The number of benzene rings is 2. The monoisotopic (exact) mass is 343 g/mol. The van der Waals surface area contributed by atoms with Crippen LogP contribution >= 0.6 is 27.5 Å². The second-order valence-corrected chi connectivity index (χ2v) is 5.23. The van der Waals surface area contributed by atoms with Gasteiger partial charge in [-0.25, -0.2) is 4.39 Å². The van der Waals surface area contributed by atoms with Crippen LogP contribution < -0.4 is 10.1 Å². The van der Waals surface area contributed by atoms with E-state index < -0.39 is 5.82 Å². The summed E-state index contributed by atoms with van der Waals surface area (Å²) in [5, 5.41) is 3.15. The van der Waals surface area contributed by atoms with Gasteiger partial charge < -0.3 is 10.1 Å². The number of ether oxygens (including phenoxy) is 1. The van der Waals surface area contributed by atoms with Gasteiger partial charge in [-0.3, -0.25) is 0 Å². The molecule has 0 atom stereocenters. The number of halogens is 3. The van der Waals surface area contributed by atoms with Crippen molar-refractivity contribution in [2.75, 3.05) is 7.05 Å². The maximum Gasteiger partial charge on any atom is 0.145 e. The van der Waals surface area contributed by atoms with E-state index in [0.29, 0.717) is 11.5 Å². The van der Waals surface area contributed by atoms with E-state index in [1.807, 2.05) is 25.2 Å². The van der Waals surface area contributed by atoms with Crippen LogP contribution in [0.3, 0.4) is 0 Å². The molecule has 0 amide bonds. The molecule has 0 aliphatic carbocycles. The molecule has 0 radical (unpaired) electrons. The molecule has 0 bridgehead atoms. The van der Waals surface area contributed by atoms with Crippen molar-refractivity contribution in [3.63, 3.8) is 0 Å². The van der Waals surface area contributed by atoms with Crippen LogP contribution in [0.4, 0.5) is 4.39 Å². The van der Waals surface area contributed by atoms with Crippen molar-refractivity contribution in [3.8, 4) is 11.5 Å². The molecule has 1 N–H and O–H groups in total. The fourth-order valence-corrected chi connectivity index (χ4v) is 2.23. The minimum Gasteiger partial charge on any atom is -0.456 e. The summed E-state index contributed by atoms with van der Waals surface area (Å²) in [7, 11) is 1.88. The van der Waals surface area contributed by atoms with Crippen molar-refractivity contribution in [1.82, 2.24) is 5.32 Å². The molecule has 0 aliphatic heterocycles. The van der Waals surface area contributed by atoms with E-state index in [1.165, 1.54) is 12.1 Å². The van der Waals surface area contributed by atoms with Gasteiger partial charge in [-0.05, 0) is 52.8 Å². The van der Waals surface area contributed by atoms with Gasteiger partial charge in [0.15, 0.2) is 0 Å². The predicted octanol–water partition coefficient (Wildman–Crippen LogP) is 4.75. The van der Waals surface area contributed by atoms with E-state index in [9.17, 15) is 4.39 Å². The van der Waals surface area contributed by atoms with Crippen LogP contribution in [0.1, 0.15) is 5.56 Å². The van der Waals surface area contributed by atoms with Crippen molar-refractivity contribution >= 4 is 27.5 Å². The largest absolute Gasteiger partial charge is 0.456 e. The second-order valence-electron chi connectivity index (χ2n) is 3.97. The molecule has 2 nitrogen and oxygen atoms in total. The summed E-state index contributed by atoms with van der Waals surface area (Å²) in [5.41, 5.74) is 1.13. The first-order valence-corrected chi connectivity index (χ1v) is 6.83. The molecule has 0 aliphatic rings. The van der Waals surface area contributed by atoms with Gasteiger partial charge in [-0.1, -0.05) is 17.7 Å². The van der Waals surface area contributed by atoms with Gasteiger partial charge in [0.05, 0.1) is 9.50 Å². The van der Waals surface area contributed by atoms with Gasteiger partial charge in [0.1, 0.15) is 17.3 Å². The summed E-state index contributed by atoms with van der Waals surface area (Å²) >= 11 is 9.06. The molecule has 2 aromatic carbocycles. The van der Waals surface area contributed by atoms with E-state index >= 15 is 0 Å². The van der Waals surface area contributed by atoms with Crippen LogP contribution in [0, 0.1) is 5.82 Å². The Labute approximate surface area is 124 Å². The molecule has 0 heterocycles. The van der Waals surface area contributed by atoms with Gasteiger partial charge >= 0.3 is 0 Å². The lowest BCUT2D eigenvalue weighted by Crippen LogP contribution is -2.04.